The Hall–Kier alpha value is -2.30. The summed E-state index contributed by atoms with van der Waals surface area (Å²) in [6, 6.07) is -0.766. The summed E-state index contributed by atoms with van der Waals surface area (Å²) in [5, 5.41) is 8.84. The number of rotatable bonds is 49. The van der Waals surface area contributed by atoms with Crippen LogP contribution < -0.4 is 16.0 Å². The minimum Gasteiger partial charge on any atom is -0.465 e. The zero-order valence-electron chi connectivity index (χ0n) is 43.0. The summed E-state index contributed by atoms with van der Waals surface area (Å²) in [4.78, 5) is 64.6. The van der Waals surface area contributed by atoms with E-state index < -0.39 is 6.04 Å². The minimum absolute atomic E-state index is 0.0151. The Morgan fingerprint density at radius 2 is 0.800 bits per heavy atom. The quantitative estimate of drug-likeness (QED) is 0.0405. The Morgan fingerprint density at radius 3 is 1.25 bits per heavy atom. The number of carbonyl (C=O) groups excluding carboxylic acids is 5. The van der Waals surface area contributed by atoms with Gasteiger partial charge in [0.25, 0.3) is 0 Å². The molecule has 0 aromatic heterocycles. The van der Waals surface area contributed by atoms with Crippen LogP contribution in [0.5, 0.6) is 0 Å². The third kappa shape index (κ3) is 40.5. The summed E-state index contributed by atoms with van der Waals surface area (Å²) in [7, 11) is 0. The average Bonchev–Trinajstić information content (AvgIpc) is 3.30. The Morgan fingerprint density at radius 1 is 0.415 bits per heavy atom. The van der Waals surface area contributed by atoms with Crippen LogP contribution in [-0.2, 0) is 33.4 Å². The van der Waals surface area contributed by atoms with Crippen molar-refractivity contribution in [2.45, 2.75) is 265 Å². The molecule has 0 saturated heterocycles. The third-order valence-electron chi connectivity index (χ3n) is 12.6. The molecule has 0 rings (SSSR count). The molecular formula is C54H103N3O7S. The Bertz CT molecular complexity index is 1140. The number of esters is 2. The van der Waals surface area contributed by atoms with E-state index in [4.69, 9.17) is 9.47 Å². The van der Waals surface area contributed by atoms with E-state index in [0.29, 0.717) is 32.7 Å². The number of amides is 3. The van der Waals surface area contributed by atoms with Crippen molar-refractivity contribution < 1.29 is 33.4 Å². The second-order valence-corrected chi connectivity index (χ2v) is 19.8. The van der Waals surface area contributed by atoms with E-state index in [0.717, 1.165) is 115 Å². The first kappa shape index (κ1) is 62.7. The van der Waals surface area contributed by atoms with E-state index in [9.17, 15) is 24.0 Å². The first-order valence-electron chi connectivity index (χ1n) is 27.4. The summed E-state index contributed by atoms with van der Waals surface area (Å²) in [5.41, 5.74) is 0. The Labute approximate surface area is 404 Å². The van der Waals surface area contributed by atoms with Gasteiger partial charge < -0.3 is 25.4 Å². The Balaban J connectivity index is 4.57. The number of hydrogen-bond donors (Lipinski definition) is 3. The molecule has 11 heteroatoms. The highest BCUT2D eigenvalue weighted by Gasteiger charge is 2.23. The molecule has 0 aromatic rings. The fraction of sp³-hybridized carbons (Fsp3) is 0.907. The van der Waals surface area contributed by atoms with Crippen molar-refractivity contribution in [1.29, 1.82) is 0 Å². The van der Waals surface area contributed by atoms with Gasteiger partial charge in [-0.15, -0.1) is 0 Å². The van der Waals surface area contributed by atoms with Crippen molar-refractivity contribution in [2.75, 3.05) is 38.3 Å². The Kier molecular flexibility index (Phi) is 46.5. The molecule has 65 heavy (non-hydrogen) atoms. The zero-order chi connectivity index (χ0) is 47.9. The summed E-state index contributed by atoms with van der Waals surface area (Å²) in [6.07, 6.45) is 38.2. The lowest BCUT2D eigenvalue weighted by atomic mass is 9.94. The minimum atomic E-state index is -0.766. The number of hydrogen-bond acceptors (Lipinski definition) is 8. The maximum atomic E-state index is 13.2. The van der Waals surface area contributed by atoms with Crippen LogP contribution in [0.4, 0.5) is 0 Å². The number of unbranched alkanes of at least 4 members (excludes halogenated alkanes) is 22. The predicted molar refractivity (Wildman–Crippen MR) is 274 cm³/mol. The van der Waals surface area contributed by atoms with E-state index in [1.807, 2.05) is 6.26 Å². The van der Waals surface area contributed by atoms with Gasteiger partial charge >= 0.3 is 11.9 Å². The highest BCUT2D eigenvalue weighted by atomic mass is 32.2. The number of carbonyl (C=O) groups is 5. The molecule has 0 aliphatic carbocycles. The lowest BCUT2D eigenvalue weighted by Gasteiger charge is -2.18. The predicted octanol–water partition coefficient (Wildman–Crippen LogP) is 13.5. The van der Waals surface area contributed by atoms with E-state index in [1.165, 1.54) is 103 Å². The van der Waals surface area contributed by atoms with Crippen LogP contribution in [0.1, 0.15) is 259 Å². The molecule has 3 unspecified atom stereocenters. The number of ether oxygens (including phenoxy) is 2. The molecule has 10 nitrogen and oxygen atoms in total. The highest BCUT2D eigenvalue weighted by molar-refractivity contribution is 7.98. The van der Waals surface area contributed by atoms with Crippen LogP contribution in [-0.4, -0.2) is 74.0 Å². The van der Waals surface area contributed by atoms with Gasteiger partial charge in [0.1, 0.15) is 6.04 Å². The standard InChI is InChI=1S/C54H103N3O7S/c1-6-10-14-18-20-28-37-47(35-26-16-12-8-3)53(61)63-44-32-24-22-30-42-55-50(58)41-40-49(57-51(59)39-34-46-65-5)52(60)56-43-31-23-25-33-45-64-54(62)48(36-27-17-13-9-4)38-29-21-19-15-11-7-2/h47-49H,6-46H2,1-5H3,(H,55,58)(H,56,60)(H,57,59). The molecule has 0 saturated carbocycles. The lowest BCUT2D eigenvalue weighted by Crippen LogP contribution is -2.47. The van der Waals surface area contributed by atoms with Crippen LogP contribution >= 0.6 is 11.8 Å². The van der Waals surface area contributed by atoms with Crippen molar-refractivity contribution in [1.82, 2.24) is 16.0 Å². The average molecular weight is 938 g/mol. The van der Waals surface area contributed by atoms with Crippen molar-refractivity contribution in [3.05, 3.63) is 0 Å². The summed E-state index contributed by atoms with van der Waals surface area (Å²) < 4.78 is 11.5. The molecule has 0 bridgehead atoms. The second-order valence-electron chi connectivity index (χ2n) is 18.8. The fourth-order valence-corrected chi connectivity index (χ4v) is 8.75. The van der Waals surface area contributed by atoms with E-state index in [2.05, 4.69) is 43.6 Å². The molecule has 3 N–H and O–H groups in total. The van der Waals surface area contributed by atoms with Gasteiger partial charge in [-0.05, 0) is 89.1 Å². The molecule has 0 radical (unpaired) electrons. The number of nitrogens with one attached hydrogen (secondary N) is 3. The highest BCUT2D eigenvalue weighted by Crippen LogP contribution is 2.22. The van der Waals surface area contributed by atoms with Gasteiger partial charge in [0, 0.05) is 25.9 Å². The van der Waals surface area contributed by atoms with Gasteiger partial charge in [-0.25, -0.2) is 0 Å². The molecule has 0 spiro atoms. The normalized spacial score (nSPS) is 12.6. The van der Waals surface area contributed by atoms with Gasteiger partial charge in [0.2, 0.25) is 17.7 Å². The molecule has 3 amide bonds. The summed E-state index contributed by atoms with van der Waals surface area (Å²) in [5.74, 6) is 0.299. The number of thioether (sulfide) groups is 1. The van der Waals surface area contributed by atoms with Gasteiger partial charge in [0.15, 0.2) is 0 Å². The SMILES string of the molecule is CCCCCCCCC(CCCCCC)C(=O)OCCCCCCNC(=O)CCC(NC(=O)CCCSC)C(=O)NCCCCCCOC(=O)C(CCCCCC)CCCCCCCC. The maximum Gasteiger partial charge on any atom is 0.308 e. The van der Waals surface area contributed by atoms with E-state index in [1.54, 1.807) is 11.8 Å². The van der Waals surface area contributed by atoms with Crippen LogP contribution in [0.2, 0.25) is 0 Å². The van der Waals surface area contributed by atoms with Gasteiger partial charge in [-0.3, -0.25) is 24.0 Å². The molecular weight excluding hydrogens is 835 g/mol. The fourth-order valence-electron chi connectivity index (χ4n) is 8.32. The van der Waals surface area contributed by atoms with Crippen LogP contribution in [0, 0.1) is 11.8 Å². The maximum absolute atomic E-state index is 13.2. The third-order valence-corrected chi connectivity index (χ3v) is 13.3. The van der Waals surface area contributed by atoms with Crippen molar-refractivity contribution >= 4 is 41.4 Å². The molecule has 0 aliphatic heterocycles. The molecule has 0 aliphatic rings. The van der Waals surface area contributed by atoms with Gasteiger partial charge in [-0.2, -0.15) is 11.8 Å². The smallest absolute Gasteiger partial charge is 0.308 e. The van der Waals surface area contributed by atoms with E-state index >= 15 is 0 Å². The largest absolute Gasteiger partial charge is 0.465 e. The molecule has 382 valence electrons. The van der Waals surface area contributed by atoms with Crippen LogP contribution in [0.25, 0.3) is 0 Å². The monoisotopic (exact) mass is 938 g/mol. The second kappa shape index (κ2) is 48.2. The summed E-state index contributed by atoms with van der Waals surface area (Å²) >= 11 is 1.68. The lowest BCUT2D eigenvalue weighted by molar-refractivity contribution is -0.150. The van der Waals surface area contributed by atoms with Crippen LogP contribution in [0.15, 0.2) is 0 Å². The van der Waals surface area contributed by atoms with E-state index in [-0.39, 0.29) is 54.3 Å². The molecule has 0 fully saturated rings. The zero-order valence-corrected chi connectivity index (χ0v) is 43.8. The topological polar surface area (TPSA) is 140 Å². The first-order valence-corrected chi connectivity index (χ1v) is 28.8. The van der Waals surface area contributed by atoms with Crippen molar-refractivity contribution in [2.24, 2.45) is 11.8 Å². The molecule has 0 aromatic carbocycles. The van der Waals surface area contributed by atoms with Crippen LogP contribution in [0.3, 0.4) is 0 Å². The van der Waals surface area contributed by atoms with Crippen molar-refractivity contribution in [3.8, 4) is 0 Å². The van der Waals surface area contributed by atoms with Crippen molar-refractivity contribution in [3.63, 3.8) is 0 Å². The molecule has 0 heterocycles. The van der Waals surface area contributed by atoms with Gasteiger partial charge in [0.05, 0.1) is 25.0 Å². The summed E-state index contributed by atoms with van der Waals surface area (Å²) in [6.45, 7) is 10.8. The molecule has 3 atom stereocenters. The van der Waals surface area contributed by atoms with Gasteiger partial charge in [-0.1, -0.05) is 169 Å². The first-order chi connectivity index (χ1) is 31.7.